The molecule has 1 aromatic rings. The van der Waals surface area contributed by atoms with Crippen LogP contribution in [0.15, 0.2) is 18.3 Å². The van der Waals surface area contributed by atoms with E-state index in [4.69, 9.17) is 5.11 Å². The van der Waals surface area contributed by atoms with E-state index in [0.29, 0.717) is 17.7 Å². The van der Waals surface area contributed by atoms with E-state index in [0.717, 1.165) is 31.0 Å². The lowest BCUT2D eigenvalue weighted by atomic mass is 10.1. The Morgan fingerprint density at radius 1 is 1.44 bits per heavy atom. The molecule has 0 bridgehead atoms. The lowest BCUT2D eigenvalue weighted by Gasteiger charge is -2.21. The summed E-state index contributed by atoms with van der Waals surface area (Å²) in [5.74, 6) is 2.18. The standard InChI is InChI=1S/C13H18N2O2S/c16-8-4-12-11(3-1-5-14-12)13(17)15-6-2-9-18-10-7-15/h1,3,5,16H,2,4,6-10H2. The summed E-state index contributed by atoms with van der Waals surface area (Å²) in [6.07, 6.45) is 3.15. The molecule has 1 saturated heterocycles. The highest BCUT2D eigenvalue weighted by molar-refractivity contribution is 7.99. The van der Waals surface area contributed by atoms with Crippen LogP contribution in [-0.2, 0) is 6.42 Å². The molecule has 2 heterocycles. The summed E-state index contributed by atoms with van der Waals surface area (Å²) in [6.45, 7) is 1.64. The van der Waals surface area contributed by atoms with Crippen LogP contribution in [0.2, 0.25) is 0 Å². The maximum Gasteiger partial charge on any atom is 0.255 e. The van der Waals surface area contributed by atoms with Crippen LogP contribution < -0.4 is 0 Å². The molecule has 2 rings (SSSR count). The fourth-order valence-electron chi connectivity index (χ4n) is 2.06. The quantitative estimate of drug-likeness (QED) is 0.893. The second-order valence-corrected chi connectivity index (χ2v) is 5.45. The zero-order valence-corrected chi connectivity index (χ0v) is 11.2. The Labute approximate surface area is 111 Å². The molecule has 0 unspecified atom stereocenters. The molecule has 0 saturated carbocycles. The number of carbonyl (C=O) groups is 1. The Bertz CT molecular complexity index is 404. The van der Waals surface area contributed by atoms with Gasteiger partial charge in [-0.2, -0.15) is 11.8 Å². The van der Waals surface area contributed by atoms with Crippen molar-refractivity contribution in [2.45, 2.75) is 12.8 Å². The molecule has 98 valence electrons. The van der Waals surface area contributed by atoms with E-state index >= 15 is 0 Å². The van der Waals surface area contributed by atoms with Crippen molar-refractivity contribution in [3.63, 3.8) is 0 Å². The SMILES string of the molecule is O=C(c1cccnc1CCO)N1CCCSCC1. The van der Waals surface area contributed by atoms with Crippen LogP contribution in [0.25, 0.3) is 0 Å². The molecule has 1 aromatic heterocycles. The molecule has 0 aliphatic carbocycles. The number of carbonyl (C=O) groups excluding carboxylic acids is 1. The fourth-order valence-corrected chi connectivity index (χ4v) is 2.94. The predicted molar refractivity (Wildman–Crippen MR) is 72.9 cm³/mol. The van der Waals surface area contributed by atoms with Crippen LogP contribution in [0.3, 0.4) is 0 Å². The highest BCUT2D eigenvalue weighted by Gasteiger charge is 2.20. The van der Waals surface area contributed by atoms with Crippen LogP contribution in [0.4, 0.5) is 0 Å². The Kier molecular flexibility index (Phi) is 5.01. The number of pyridine rings is 1. The molecule has 1 aliphatic heterocycles. The number of hydrogen-bond acceptors (Lipinski definition) is 4. The minimum Gasteiger partial charge on any atom is -0.396 e. The van der Waals surface area contributed by atoms with Crippen molar-refractivity contribution in [3.05, 3.63) is 29.6 Å². The molecule has 1 aliphatic rings. The van der Waals surface area contributed by atoms with Crippen molar-refractivity contribution < 1.29 is 9.90 Å². The molecule has 5 heteroatoms. The Balaban J connectivity index is 2.16. The van der Waals surface area contributed by atoms with Crippen molar-refractivity contribution in [2.24, 2.45) is 0 Å². The molecule has 0 atom stereocenters. The van der Waals surface area contributed by atoms with Gasteiger partial charge < -0.3 is 10.0 Å². The van der Waals surface area contributed by atoms with E-state index < -0.39 is 0 Å². The van der Waals surface area contributed by atoms with Crippen molar-refractivity contribution in [1.29, 1.82) is 0 Å². The van der Waals surface area contributed by atoms with Crippen LogP contribution in [0, 0.1) is 0 Å². The van der Waals surface area contributed by atoms with Gasteiger partial charge in [0, 0.05) is 38.1 Å². The Morgan fingerprint density at radius 2 is 2.33 bits per heavy atom. The summed E-state index contributed by atoms with van der Waals surface area (Å²) in [4.78, 5) is 18.5. The van der Waals surface area contributed by atoms with E-state index in [9.17, 15) is 4.79 Å². The first-order valence-electron chi connectivity index (χ1n) is 6.24. The highest BCUT2D eigenvalue weighted by atomic mass is 32.2. The summed E-state index contributed by atoms with van der Waals surface area (Å²) in [6, 6.07) is 3.58. The largest absolute Gasteiger partial charge is 0.396 e. The first-order valence-corrected chi connectivity index (χ1v) is 7.40. The molecule has 18 heavy (non-hydrogen) atoms. The van der Waals surface area contributed by atoms with Gasteiger partial charge in [0.25, 0.3) is 5.91 Å². The monoisotopic (exact) mass is 266 g/mol. The van der Waals surface area contributed by atoms with Crippen molar-refractivity contribution in [2.75, 3.05) is 31.2 Å². The van der Waals surface area contributed by atoms with Gasteiger partial charge >= 0.3 is 0 Å². The third-order valence-corrected chi connectivity index (χ3v) is 4.03. The van der Waals surface area contributed by atoms with E-state index in [1.807, 2.05) is 16.7 Å². The van der Waals surface area contributed by atoms with Crippen molar-refractivity contribution in [3.8, 4) is 0 Å². The fraction of sp³-hybridized carbons (Fsp3) is 0.538. The Hall–Kier alpha value is -1.07. The lowest BCUT2D eigenvalue weighted by Crippen LogP contribution is -2.33. The molecular weight excluding hydrogens is 248 g/mol. The zero-order chi connectivity index (χ0) is 12.8. The van der Waals surface area contributed by atoms with Gasteiger partial charge in [0.15, 0.2) is 0 Å². The maximum atomic E-state index is 12.4. The number of rotatable bonds is 3. The molecule has 1 amide bonds. The minimum atomic E-state index is 0.0210. The van der Waals surface area contributed by atoms with Gasteiger partial charge in [0.05, 0.1) is 11.3 Å². The molecule has 0 spiro atoms. The molecule has 1 N–H and O–H groups in total. The molecule has 0 radical (unpaired) electrons. The smallest absolute Gasteiger partial charge is 0.255 e. The number of hydrogen-bond donors (Lipinski definition) is 1. The topological polar surface area (TPSA) is 53.4 Å². The third-order valence-electron chi connectivity index (χ3n) is 2.98. The van der Waals surface area contributed by atoms with Crippen LogP contribution in [-0.4, -0.2) is 52.1 Å². The third kappa shape index (κ3) is 3.23. The molecule has 0 aromatic carbocycles. The second kappa shape index (κ2) is 6.75. The average molecular weight is 266 g/mol. The highest BCUT2D eigenvalue weighted by Crippen LogP contribution is 2.15. The van der Waals surface area contributed by atoms with Crippen LogP contribution in [0.1, 0.15) is 22.5 Å². The number of amides is 1. The van der Waals surface area contributed by atoms with Crippen LogP contribution >= 0.6 is 11.8 Å². The molecular formula is C13H18N2O2S. The van der Waals surface area contributed by atoms with Gasteiger partial charge in [0.2, 0.25) is 0 Å². The van der Waals surface area contributed by atoms with E-state index in [1.165, 1.54) is 0 Å². The second-order valence-electron chi connectivity index (χ2n) is 4.23. The number of aliphatic hydroxyl groups excluding tert-OH is 1. The number of aromatic nitrogens is 1. The van der Waals surface area contributed by atoms with E-state index in [2.05, 4.69) is 4.98 Å². The van der Waals surface area contributed by atoms with E-state index in [-0.39, 0.29) is 12.5 Å². The average Bonchev–Trinajstić information content (AvgIpc) is 2.68. The summed E-state index contributed by atoms with van der Waals surface area (Å²) in [5.41, 5.74) is 1.33. The van der Waals surface area contributed by atoms with Crippen molar-refractivity contribution >= 4 is 17.7 Å². The van der Waals surface area contributed by atoms with Gasteiger partial charge in [-0.15, -0.1) is 0 Å². The lowest BCUT2D eigenvalue weighted by molar-refractivity contribution is 0.0766. The molecule has 4 nitrogen and oxygen atoms in total. The first-order chi connectivity index (χ1) is 8.83. The van der Waals surface area contributed by atoms with Crippen molar-refractivity contribution in [1.82, 2.24) is 9.88 Å². The van der Waals surface area contributed by atoms with Gasteiger partial charge in [-0.25, -0.2) is 0 Å². The van der Waals surface area contributed by atoms with Gasteiger partial charge in [-0.05, 0) is 24.3 Å². The first kappa shape index (κ1) is 13.4. The maximum absolute atomic E-state index is 12.4. The zero-order valence-electron chi connectivity index (χ0n) is 10.3. The minimum absolute atomic E-state index is 0.0210. The predicted octanol–water partition coefficient (Wildman–Crippen LogP) is 1.20. The summed E-state index contributed by atoms with van der Waals surface area (Å²) in [7, 11) is 0. The number of aliphatic hydroxyl groups is 1. The van der Waals surface area contributed by atoms with E-state index in [1.54, 1.807) is 18.3 Å². The van der Waals surface area contributed by atoms with Gasteiger partial charge in [-0.3, -0.25) is 9.78 Å². The summed E-state index contributed by atoms with van der Waals surface area (Å²) >= 11 is 1.90. The number of nitrogens with zero attached hydrogens (tertiary/aromatic N) is 2. The van der Waals surface area contributed by atoms with Gasteiger partial charge in [-0.1, -0.05) is 0 Å². The normalized spacial score (nSPS) is 16.4. The van der Waals surface area contributed by atoms with Crippen LogP contribution in [0.5, 0.6) is 0 Å². The number of thioether (sulfide) groups is 1. The molecule has 1 fully saturated rings. The van der Waals surface area contributed by atoms with Gasteiger partial charge in [0.1, 0.15) is 0 Å². The Morgan fingerprint density at radius 3 is 3.17 bits per heavy atom. The summed E-state index contributed by atoms with van der Waals surface area (Å²) in [5, 5.41) is 9.01. The summed E-state index contributed by atoms with van der Waals surface area (Å²) < 4.78 is 0.